The third-order valence-electron chi connectivity index (χ3n) is 5.50. The molecule has 1 aliphatic rings. The number of rotatable bonds is 6. The van der Waals surface area contributed by atoms with E-state index in [-0.39, 0.29) is 57.3 Å². The molecule has 1 amide bonds. The quantitative estimate of drug-likeness (QED) is 0.362. The Balaban J connectivity index is 0.00000259. The van der Waals surface area contributed by atoms with Crippen LogP contribution in [0.4, 0.5) is 0 Å². The Morgan fingerprint density at radius 3 is 2.52 bits per heavy atom. The van der Waals surface area contributed by atoms with E-state index in [4.69, 9.17) is 4.42 Å². The largest absolute Gasteiger partial charge is 1.00 e. The molecule has 5 rings (SSSR count). The molecule has 0 saturated heterocycles. The second-order valence-electron chi connectivity index (χ2n) is 7.60. The van der Waals surface area contributed by atoms with Gasteiger partial charge >= 0.3 is 51.4 Å². The van der Waals surface area contributed by atoms with Gasteiger partial charge in [0, 0.05) is 23.5 Å². The molecule has 0 radical (unpaired) electrons. The molecule has 1 aromatic heterocycles. The molecule has 0 spiro atoms. The SMILES string of the molecule is O=C([O-])CN1C(=O)C(NCc2ccc3oc4ccccc4c3c2)NC=C1c1ccccc1.[K+]. The van der Waals surface area contributed by atoms with E-state index in [0.29, 0.717) is 12.2 Å². The van der Waals surface area contributed by atoms with Crippen molar-refractivity contribution in [2.75, 3.05) is 6.54 Å². The molecule has 1 aliphatic heterocycles. The zero-order valence-electron chi connectivity index (χ0n) is 18.1. The molecule has 7 nitrogen and oxygen atoms in total. The van der Waals surface area contributed by atoms with Crippen LogP contribution in [0.15, 0.2) is 83.4 Å². The number of carboxylic acids is 1. The summed E-state index contributed by atoms with van der Waals surface area (Å²) in [7, 11) is 0. The number of aliphatic carboxylic acids is 1. The van der Waals surface area contributed by atoms with Gasteiger partial charge in [0.15, 0.2) is 6.17 Å². The molecule has 8 heteroatoms. The van der Waals surface area contributed by atoms with Crippen molar-refractivity contribution in [3.63, 3.8) is 0 Å². The van der Waals surface area contributed by atoms with Gasteiger partial charge in [0.25, 0.3) is 5.91 Å². The number of hydrogen-bond donors (Lipinski definition) is 2. The first-order valence-electron chi connectivity index (χ1n) is 10.3. The number of carboxylic acid groups (broad SMARTS) is 1. The number of carbonyl (C=O) groups excluding carboxylic acids is 2. The average Bonchev–Trinajstić information content (AvgIpc) is 3.18. The Kier molecular flexibility index (Phi) is 7.33. The molecular formula is C25H20KN3O4. The molecule has 2 heterocycles. The van der Waals surface area contributed by atoms with E-state index >= 15 is 0 Å². The third kappa shape index (κ3) is 4.91. The first-order chi connectivity index (χ1) is 15.6. The van der Waals surface area contributed by atoms with Gasteiger partial charge in [-0.1, -0.05) is 54.6 Å². The van der Waals surface area contributed by atoms with E-state index in [0.717, 1.165) is 33.1 Å². The van der Waals surface area contributed by atoms with E-state index in [2.05, 4.69) is 10.6 Å². The van der Waals surface area contributed by atoms with Crippen LogP contribution in [0, 0.1) is 0 Å². The first kappa shape index (κ1) is 23.7. The predicted molar refractivity (Wildman–Crippen MR) is 119 cm³/mol. The van der Waals surface area contributed by atoms with Gasteiger partial charge in [-0.25, -0.2) is 0 Å². The second kappa shape index (κ2) is 10.2. The van der Waals surface area contributed by atoms with Crippen LogP contribution in [0.25, 0.3) is 27.6 Å². The summed E-state index contributed by atoms with van der Waals surface area (Å²) in [5.41, 5.74) is 3.84. The molecule has 33 heavy (non-hydrogen) atoms. The fourth-order valence-corrected chi connectivity index (χ4v) is 3.98. The van der Waals surface area contributed by atoms with Gasteiger partial charge in [0.05, 0.1) is 18.2 Å². The average molecular weight is 466 g/mol. The van der Waals surface area contributed by atoms with Gasteiger partial charge < -0.3 is 24.5 Å². The minimum Gasteiger partial charge on any atom is -0.548 e. The molecule has 0 aliphatic carbocycles. The zero-order valence-corrected chi connectivity index (χ0v) is 21.2. The van der Waals surface area contributed by atoms with Gasteiger partial charge in [-0.3, -0.25) is 10.1 Å². The van der Waals surface area contributed by atoms with Crippen molar-refractivity contribution in [3.8, 4) is 0 Å². The maximum absolute atomic E-state index is 13.1. The molecule has 1 atom stereocenters. The zero-order chi connectivity index (χ0) is 22.1. The molecule has 2 N–H and O–H groups in total. The predicted octanol–water partition coefficient (Wildman–Crippen LogP) is -0.814. The normalized spacial score (nSPS) is 15.8. The minimum atomic E-state index is -1.32. The topological polar surface area (TPSA) is 97.6 Å². The fraction of sp³-hybridized carbons (Fsp3) is 0.120. The maximum atomic E-state index is 13.1. The summed E-state index contributed by atoms with van der Waals surface area (Å²) in [5.74, 6) is -1.71. The third-order valence-corrected chi connectivity index (χ3v) is 5.50. The minimum absolute atomic E-state index is 0. The first-order valence-corrected chi connectivity index (χ1v) is 10.3. The Labute approximate surface area is 232 Å². The van der Waals surface area contributed by atoms with Gasteiger partial charge in [0.1, 0.15) is 11.2 Å². The summed E-state index contributed by atoms with van der Waals surface area (Å²) in [5, 5.41) is 19.6. The van der Waals surface area contributed by atoms with Crippen LogP contribution < -0.4 is 67.1 Å². The summed E-state index contributed by atoms with van der Waals surface area (Å²) in [6.45, 7) is -0.112. The van der Waals surface area contributed by atoms with Gasteiger partial charge in [-0.2, -0.15) is 0 Å². The summed E-state index contributed by atoms with van der Waals surface area (Å²) in [4.78, 5) is 25.6. The van der Waals surface area contributed by atoms with Crippen molar-refractivity contribution < 1.29 is 70.5 Å². The van der Waals surface area contributed by atoms with Crippen LogP contribution in [0.3, 0.4) is 0 Å². The number of carbonyl (C=O) groups is 2. The van der Waals surface area contributed by atoms with Crippen LogP contribution in [0.5, 0.6) is 0 Å². The molecule has 4 aromatic rings. The number of nitrogens with zero attached hydrogens (tertiary/aromatic N) is 1. The van der Waals surface area contributed by atoms with Gasteiger partial charge in [-0.05, 0) is 29.3 Å². The Morgan fingerprint density at radius 2 is 1.73 bits per heavy atom. The van der Waals surface area contributed by atoms with Crippen molar-refractivity contribution in [3.05, 3.63) is 90.1 Å². The van der Waals surface area contributed by atoms with Crippen LogP contribution in [-0.2, 0) is 16.1 Å². The van der Waals surface area contributed by atoms with Crippen LogP contribution in [0.2, 0.25) is 0 Å². The van der Waals surface area contributed by atoms with Crippen LogP contribution in [0.1, 0.15) is 11.1 Å². The molecule has 0 fully saturated rings. The summed E-state index contributed by atoms with van der Waals surface area (Å²) < 4.78 is 5.86. The summed E-state index contributed by atoms with van der Waals surface area (Å²) in [6, 6.07) is 22.9. The van der Waals surface area contributed by atoms with Crippen molar-refractivity contribution >= 4 is 39.5 Å². The number of fused-ring (bicyclic) bond motifs is 3. The van der Waals surface area contributed by atoms with E-state index in [9.17, 15) is 14.7 Å². The maximum Gasteiger partial charge on any atom is 1.00 e. The van der Waals surface area contributed by atoms with E-state index < -0.39 is 18.7 Å². The number of nitrogens with one attached hydrogen (secondary N) is 2. The molecule has 0 saturated carbocycles. The number of amides is 1. The van der Waals surface area contributed by atoms with E-state index in [1.165, 1.54) is 4.90 Å². The number of para-hydroxylation sites is 1. The Hall–Kier alpha value is -2.46. The standard InChI is InChI=1S/C25H21N3O4.K/c29-23(30)15-28-20(17-6-2-1-3-7-17)14-27-24(25(28)31)26-13-16-10-11-22-19(12-16)18-8-4-5-9-21(18)32-22;/h1-12,14,24,26-27H,13,15H2,(H,29,30);/q;+1/p-1. The van der Waals surface area contributed by atoms with Crippen LogP contribution >= 0.6 is 0 Å². The molecule has 1 unspecified atom stereocenters. The molecule has 3 aromatic carbocycles. The Bertz CT molecular complexity index is 1350. The Morgan fingerprint density at radius 1 is 1.00 bits per heavy atom. The summed E-state index contributed by atoms with van der Waals surface area (Å²) >= 11 is 0. The molecule has 160 valence electrons. The van der Waals surface area contributed by atoms with Crippen molar-refractivity contribution in [2.45, 2.75) is 12.7 Å². The summed E-state index contributed by atoms with van der Waals surface area (Å²) in [6.07, 6.45) is 0.892. The number of benzene rings is 3. The van der Waals surface area contributed by atoms with E-state index in [1.54, 1.807) is 6.20 Å². The fourth-order valence-electron chi connectivity index (χ4n) is 3.98. The van der Waals surface area contributed by atoms with Crippen LogP contribution in [-0.4, -0.2) is 29.5 Å². The number of furan rings is 1. The monoisotopic (exact) mass is 465 g/mol. The van der Waals surface area contributed by atoms with Crippen molar-refractivity contribution in [1.29, 1.82) is 0 Å². The smallest absolute Gasteiger partial charge is 0.548 e. The van der Waals surface area contributed by atoms with Gasteiger partial charge in [-0.15, -0.1) is 0 Å². The molecule has 0 bridgehead atoms. The number of hydrogen-bond acceptors (Lipinski definition) is 6. The molecular weight excluding hydrogens is 445 g/mol. The van der Waals surface area contributed by atoms with Gasteiger partial charge in [0.2, 0.25) is 0 Å². The van der Waals surface area contributed by atoms with Crippen molar-refractivity contribution in [2.24, 2.45) is 0 Å². The van der Waals surface area contributed by atoms with Crippen molar-refractivity contribution in [1.82, 2.24) is 15.5 Å². The second-order valence-corrected chi connectivity index (χ2v) is 7.60. The van der Waals surface area contributed by atoms with E-state index in [1.807, 2.05) is 72.8 Å².